The molecule has 10 heteroatoms. The smallest absolute Gasteiger partial charge is 0.328 e. The molecule has 0 aliphatic carbocycles. The van der Waals surface area contributed by atoms with Crippen molar-refractivity contribution in [3.8, 4) is 5.88 Å². The van der Waals surface area contributed by atoms with Crippen molar-refractivity contribution in [3.05, 3.63) is 20.8 Å². The normalized spacial score (nSPS) is 11.2. The molecule has 0 aliphatic rings. The van der Waals surface area contributed by atoms with E-state index in [0.717, 1.165) is 0 Å². The molecule has 0 atom stereocenters. The Kier molecular flexibility index (Phi) is 3.51. The molecule has 0 aliphatic heterocycles. The average Bonchev–Trinajstić information content (AvgIpc) is 2.08. The summed E-state index contributed by atoms with van der Waals surface area (Å²) in [4.78, 5) is 36.6. The van der Waals surface area contributed by atoms with Crippen LogP contribution in [-0.4, -0.2) is 24.8 Å². The van der Waals surface area contributed by atoms with Gasteiger partial charge in [-0.05, 0) is 0 Å². The van der Waals surface area contributed by atoms with E-state index in [1.165, 1.54) is 0 Å². The van der Waals surface area contributed by atoms with Crippen molar-refractivity contribution in [3.63, 3.8) is 0 Å². The lowest BCUT2D eigenvalue weighted by molar-refractivity contribution is -0.115. The van der Waals surface area contributed by atoms with Crippen LogP contribution < -0.4 is 16.6 Å². The Morgan fingerprint density at radius 2 is 1.81 bits per heavy atom. The molecule has 0 fully saturated rings. The van der Waals surface area contributed by atoms with Crippen LogP contribution in [0, 0.1) is 0 Å². The molecule has 4 N–H and O–H groups in total. The minimum atomic E-state index is -2.30. The summed E-state index contributed by atoms with van der Waals surface area (Å²) in [5.41, 5.74) is -2.57. The topological polar surface area (TPSA) is 115 Å². The number of alkyl halides is 3. The first-order valence-corrected chi connectivity index (χ1v) is 4.79. The lowest BCUT2D eigenvalue weighted by Crippen LogP contribution is -2.32. The zero-order valence-corrected chi connectivity index (χ0v) is 9.57. The highest BCUT2D eigenvalue weighted by molar-refractivity contribution is 6.76. The van der Waals surface area contributed by atoms with Crippen LogP contribution in [0.2, 0.25) is 0 Å². The fraction of sp³-hybridized carbons (Fsp3) is 0.167. The monoisotopic (exact) mass is 287 g/mol. The standard InChI is InChI=1S/C6H4Cl3N3O4/c7-6(8,9)4(15)10-1-2(13)11-5(16)12-3(1)14/h(H,10,15)(H3,11,12,13,14,16). The zero-order valence-electron chi connectivity index (χ0n) is 7.31. The molecule has 0 unspecified atom stereocenters. The fourth-order valence-corrected chi connectivity index (χ4v) is 0.917. The van der Waals surface area contributed by atoms with Crippen LogP contribution in [0.5, 0.6) is 5.88 Å². The van der Waals surface area contributed by atoms with Crippen LogP contribution in [0.1, 0.15) is 0 Å². The molecule has 1 rings (SSSR count). The highest BCUT2D eigenvalue weighted by Gasteiger charge is 2.32. The maximum atomic E-state index is 11.2. The molecule has 88 valence electrons. The number of halogens is 3. The molecular weight excluding hydrogens is 284 g/mol. The van der Waals surface area contributed by atoms with Crippen molar-refractivity contribution in [2.45, 2.75) is 3.79 Å². The molecule has 16 heavy (non-hydrogen) atoms. The summed E-state index contributed by atoms with van der Waals surface area (Å²) in [6.45, 7) is 0. The van der Waals surface area contributed by atoms with Crippen LogP contribution in [0.25, 0.3) is 0 Å². The number of hydrogen-bond acceptors (Lipinski definition) is 4. The van der Waals surface area contributed by atoms with E-state index < -0.39 is 32.5 Å². The third-order valence-electron chi connectivity index (χ3n) is 1.42. The minimum absolute atomic E-state index is 0.615. The number of anilines is 1. The van der Waals surface area contributed by atoms with E-state index >= 15 is 0 Å². The fourth-order valence-electron chi connectivity index (χ4n) is 0.775. The molecule has 1 heterocycles. The van der Waals surface area contributed by atoms with Gasteiger partial charge < -0.3 is 10.4 Å². The molecule has 1 amide bonds. The summed E-state index contributed by atoms with van der Waals surface area (Å²) >= 11 is 15.7. The second-order valence-corrected chi connectivity index (χ2v) is 4.86. The van der Waals surface area contributed by atoms with Crippen molar-refractivity contribution in [1.29, 1.82) is 0 Å². The highest BCUT2D eigenvalue weighted by Crippen LogP contribution is 2.27. The second-order valence-electron chi connectivity index (χ2n) is 2.58. The Bertz CT molecular complexity index is 529. The summed E-state index contributed by atoms with van der Waals surface area (Å²) < 4.78 is -2.30. The number of aromatic amines is 2. The van der Waals surface area contributed by atoms with Crippen LogP contribution >= 0.6 is 34.8 Å². The summed E-state index contributed by atoms with van der Waals surface area (Å²) in [7, 11) is 0. The van der Waals surface area contributed by atoms with E-state index in [1.807, 2.05) is 10.3 Å². The van der Waals surface area contributed by atoms with E-state index in [1.54, 1.807) is 4.98 Å². The van der Waals surface area contributed by atoms with E-state index in [0.29, 0.717) is 0 Å². The highest BCUT2D eigenvalue weighted by atomic mass is 35.6. The number of aromatic hydroxyl groups is 1. The predicted molar refractivity (Wildman–Crippen MR) is 58.3 cm³/mol. The van der Waals surface area contributed by atoms with Crippen molar-refractivity contribution in [2.75, 3.05) is 5.32 Å². The van der Waals surface area contributed by atoms with Gasteiger partial charge in [0, 0.05) is 0 Å². The third kappa shape index (κ3) is 2.91. The van der Waals surface area contributed by atoms with Gasteiger partial charge in [-0.1, -0.05) is 34.8 Å². The van der Waals surface area contributed by atoms with Crippen molar-refractivity contribution >= 4 is 46.4 Å². The van der Waals surface area contributed by atoms with Gasteiger partial charge in [0.1, 0.15) is 0 Å². The minimum Gasteiger partial charge on any atom is -0.493 e. The number of carbonyl (C=O) groups excluding carboxylic acids is 1. The number of hydrogen-bond donors (Lipinski definition) is 4. The molecule has 0 aromatic carbocycles. The molecule has 0 spiro atoms. The largest absolute Gasteiger partial charge is 0.493 e. The van der Waals surface area contributed by atoms with Gasteiger partial charge in [-0.3, -0.25) is 19.6 Å². The number of rotatable bonds is 1. The Morgan fingerprint density at radius 3 is 2.25 bits per heavy atom. The summed E-state index contributed by atoms with van der Waals surface area (Å²) in [5.74, 6) is -1.98. The van der Waals surface area contributed by atoms with Crippen molar-refractivity contribution in [2.24, 2.45) is 0 Å². The SMILES string of the molecule is O=C(Nc1c(O)[nH]c(=O)[nH]c1=O)C(Cl)(Cl)Cl. The molecule has 0 radical (unpaired) electrons. The van der Waals surface area contributed by atoms with E-state index in [4.69, 9.17) is 39.9 Å². The molecule has 1 aromatic heterocycles. The Labute approximate surface area is 102 Å². The van der Waals surface area contributed by atoms with E-state index in [-0.39, 0.29) is 0 Å². The lowest BCUT2D eigenvalue weighted by Gasteiger charge is -2.10. The molecule has 0 saturated heterocycles. The Balaban J connectivity index is 3.13. The first kappa shape index (κ1) is 12.9. The lowest BCUT2D eigenvalue weighted by atomic mass is 10.4. The van der Waals surface area contributed by atoms with Gasteiger partial charge in [-0.15, -0.1) is 0 Å². The van der Waals surface area contributed by atoms with Crippen LogP contribution in [0.15, 0.2) is 9.59 Å². The number of nitrogens with one attached hydrogen (secondary N) is 3. The molecule has 0 bridgehead atoms. The maximum Gasteiger partial charge on any atom is 0.328 e. The quantitative estimate of drug-likeness (QED) is 0.548. The number of carbonyl (C=O) groups is 1. The van der Waals surface area contributed by atoms with E-state index in [2.05, 4.69) is 0 Å². The summed E-state index contributed by atoms with van der Waals surface area (Å²) in [6, 6.07) is 0. The van der Waals surface area contributed by atoms with Gasteiger partial charge in [-0.2, -0.15) is 0 Å². The van der Waals surface area contributed by atoms with Crippen LogP contribution in [0.3, 0.4) is 0 Å². The first-order chi connectivity index (χ1) is 7.21. The number of H-pyrrole nitrogens is 2. The summed E-state index contributed by atoms with van der Waals surface area (Å²) in [6.07, 6.45) is 0. The van der Waals surface area contributed by atoms with Crippen LogP contribution in [0.4, 0.5) is 5.69 Å². The van der Waals surface area contributed by atoms with Gasteiger partial charge in [0.15, 0.2) is 5.69 Å². The van der Waals surface area contributed by atoms with Crippen molar-refractivity contribution in [1.82, 2.24) is 9.97 Å². The van der Waals surface area contributed by atoms with Crippen molar-refractivity contribution < 1.29 is 9.90 Å². The predicted octanol–water partition coefficient (Wildman–Crippen LogP) is 0.0775. The Hall–Kier alpha value is -1.18. The second kappa shape index (κ2) is 4.36. The van der Waals surface area contributed by atoms with Gasteiger partial charge in [0.05, 0.1) is 0 Å². The van der Waals surface area contributed by atoms with Gasteiger partial charge >= 0.3 is 5.69 Å². The molecule has 7 nitrogen and oxygen atoms in total. The molecular formula is C6H4Cl3N3O4. The molecule has 1 aromatic rings. The Morgan fingerprint density at radius 1 is 1.25 bits per heavy atom. The van der Waals surface area contributed by atoms with Gasteiger partial charge in [0.2, 0.25) is 5.88 Å². The van der Waals surface area contributed by atoms with Crippen LogP contribution in [-0.2, 0) is 4.79 Å². The van der Waals surface area contributed by atoms with Gasteiger partial charge in [-0.25, -0.2) is 4.79 Å². The summed E-state index contributed by atoms with van der Waals surface area (Å²) in [5, 5.41) is 11.0. The van der Waals surface area contributed by atoms with Gasteiger partial charge in [0.25, 0.3) is 15.3 Å². The maximum absolute atomic E-state index is 11.2. The zero-order chi connectivity index (χ0) is 12.5. The number of amides is 1. The van der Waals surface area contributed by atoms with E-state index in [9.17, 15) is 14.4 Å². The number of aromatic nitrogens is 2. The first-order valence-electron chi connectivity index (χ1n) is 3.65. The molecule has 0 saturated carbocycles. The average molecular weight is 288 g/mol. The third-order valence-corrected chi connectivity index (χ3v) is 1.93.